The molecule has 0 fully saturated rings. The zero-order valence-electron chi connectivity index (χ0n) is 10.4. The molecule has 5 nitrogen and oxygen atoms in total. The number of nitrogens with zero attached hydrogens (tertiary/aromatic N) is 1. The lowest BCUT2D eigenvalue weighted by atomic mass is 10.2. The fourth-order valence-corrected chi connectivity index (χ4v) is 1.45. The molecule has 1 aromatic rings. The summed E-state index contributed by atoms with van der Waals surface area (Å²) in [5, 5.41) is 8.97. The number of methoxy groups -OCH3 is 2. The second-order valence-corrected chi connectivity index (χ2v) is 3.66. The zero-order valence-corrected chi connectivity index (χ0v) is 10.4. The maximum Gasteiger partial charge on any atom is 0.326 e. The molecule has 0 heterocycles. The van der Waals surface area contributed by atoms with E-state index in [1.54, 1.807) is 44.2 Å². The summed E-state index contributed by atoms with van der Waals surface area (Å²) in [5.74, 6) is 0.368. The molecule has 0 aliphatic rings. The Morgan fingerprint density at radius 3 is 2.47 bits per heavy atom. The summed E-state index contributed by atoms with van der Waals surface area (Å²) in [6.07, 6.45) is 0. The molecule has 0 saturated heterocycles. The van der Waals surface area contributed by atoms with Crippen molar-refractivity contribution in [3.8, 4) is 11.5 Å². The highest BCUT2D eigenvalue weighted by molar-refractivity contribution is 5.78. The molecular formula is C12H17NO4. The first-order valence-corrected chi connectivity index (χ1v) is 5.19. The van der Waals surface area contributed by atoms with Crippen LogP contribution in [-0.2, 0) is 4.79 Å². The molecule has 1 N–H and O–H groups in total. The third-order valence-electron chi connectivity index (χ3n) is 2.71. The minimum absolute atomic E-state index is 0.583. The Balaban J connectivity index is 3.08. The van der Waals surface area contributed by atoms with E-state index in [9.17, 15) is 4.79 Å². The third-order valence-corrected chi connectivity index (χ3v) is 2.71. The number of benzene rings is 1. The van der Waals surface area contributed by atoms with Crippen LogP contribution in [0.3, 0.4) is 0 Å². The minimum atomic E-state index is -0.884. The van der Waals surface area contributed by atoms with Gasteiger partial charge in [-0.1, -0.05) is 0 Å². The number of hydrogen-bond donors (Lipinski definition) is 1. The van der Waals surface area contributed by atoms with Gasteiger partial charge in [0.1, 0.15) is 17.5 Å². The Kier molecular flexibility index (Phi) is 4.20. The largest absolute Gasteiger partial charge is 0.497 e. The predicted molar refractivity (Wildman–Crippen MR) is 65.0 cm³/mol. The van der Waals surface area contributed by atoms with Crippen molar-refractivity contribution < 1.29 is 19.4 Å². The highest BCUT2D eigenvalue weighted by atomic mass is 16.5. The van der Waals surface area contributed by atoms with Crippen molar-refractivity contribution in [1.82, 2.24) is 0 Å². The Bertz CT molecular complexity index is 405. The van der Waals surface area contributed by atoms with Gasteiger partial charge in [-0.2, -0.15) is 0 Å². The van der Waals surface area contributed by atoms with E-state index in [0.717, 1.165) is 0 Å². The second-order valence-electron chi connectivity index (χ2n) is 3.66. The summed E-state index contributed by atoms with van der Waals surface area (Å²) < 4.78 is 10.3. The summed E-state index contributed by atoms with van der Waals surface area (Å²) >= 11 is 0. The number of anilines is 1. The standard InChI is InChI=1S/C12H17NO4/c1-8(12(14)15)13(2)10-6-5-9(16-3)7-11(10)17-4/h5-8H,1-4H3,(H,14,15)/t8-/m1/s1. The maximum atomic E-state index is 10.9. The molecule has 0 spiro atoms. The number of hydrogen-bond acceptors (Lipinski definition) is 4. The van der Waals surface area contributed by atoms with Crippen molar-refractivity contribution in [2.24, 2.45) is 0 Å². The lowest BCUT2D eigenvalue weighted by molar-refractivity contribution is -0.138. The molecular weight excluding hydrogens is 222 g/mol. The smallest absolute Gasteiger partial charge is 0.326 e. The predicted octanol–water partition coefficient (Wildman–Crippen LogP) is 1.61. The first-order valence-electron chi connectivity index (χ1n) is 5.19. The van der Waals surface area contributed by atoms with Crippen molar-refractivity contribution in [3.63, 3.8) is 0 Å². The Morgan fingerprint density at radius 1 is 1.35 bits per heavy atom. The molecule has 0 aromatic heterocycles. The fraction of sp³-hybridized carbons (Fsp3) is 0.417. The number of rotatable bonds is 5. The van der Waals surface area contributed by atoms with Crippen molar-refractivity contribution in [2.45, 2.75) is 13.0 Å². The highest BCUT2D eigenvalue weighted by Crippen LogP contribution is 2.32. The van der Waals surface area contributed by atoms with Crippen LogP contribution < -0.4 is 14.4 Å². The zero-order chi connectivity index (χ0) is 13.0. The van der Waals surface area contributed by atoms with E-state index in [1.165, 1.54) is 7.11 Å². The first kappa shape index (κ1) is 13.2. The Labute approximate surface area is 101 Å². The van der Waals surface area contributed by atoms with Gasteiger partial charge in [0.25, 0.3) is 0 Å². The molecule has 1 atom stereocenters. The average Bonchev–Trinajstić information content (AvgIpc) is 2.35. The van der Waals surface area contributed by atoms with Crippen LogP contribution in [0.2, 0.25) is 0 Å². The summed E-state index contributed by atoms with van der Waals surface area (Å²) in [6.45, 7) is 1.62. The van der Waals surface area contributed by atoms with E-state index in [2.05, 4.69) is 0 Å². The van der Waals surface area contributed by atoms with Gasteiger partial charge in [-0.25, -0.2) is 4.79 Å². The molecule has 0 unspecified atom stereocenters. The van der Waals surface area contributed by atoms with E-state index in [4.69, 9.17) is 14.6 Å². The van der Waals surface area contributed by atoms with E-state index >= 15 is 0 Å². The number of carbonyl (C=O) groups is 1. The maximum absolute atomic E-state index is 10.9. The molecule has 0 aliphatic heterocycles. The van der Waals surface area contributed by atoms with Crippen molar-refractivity contribution in [2.75, 3.05) is 26.2 Å². The van der Waals surface area contributed by atoms with Crippen LogP contribution in [0.15, 0.2) is 18.2 Å². The van der Waals surface area contributed by atoms with Crippen LogP contribution in [-0.4, -0.2) is 38.4 Å². The summed E-state index contributed by atoms with van der Waals surface area (Å²) in [7, 11) is 4.82. The molecule has 0 saturated carbocycles. The second kappa shape index (κ2) is 5.43. The van der Waals surface area contributed by atoms with Gasteiger partial charge in [0, 0.05) is 13.1 Å². The van der Waals surface area contributed by atoms with Gasteiger partial charge in [0.15, 0.2) is 0 Å². The number of ether oxygens (including phenoxy) is 2. The van der Waals surface area contributed by atoms with E-state index < -0.39 is 12.0 Å². The number of likely N-dealkylation sites (N-methyl/N-ethyl adjacent to an activating group) is 1. The van der Waals surface area contributed by atoms with Crippen molar-refractivity contribution in [3.05, 3.63) is 18.2 Å². The lowest BCUT2D eigenvalue weighted by Gasteiger charge is -2.25. The number of carboxylic acids is 1. The van der Waals surface area contributed by atoms with Gasteiger partial charge in [0.05, 0.1) is 19.9 Å². The van der Waals surface area contributed by atoms with Crippen LogP contribution in [0.4, 0.5) is 5.69 Å². The molecule has 0 aliphatic carbocycles. The SMILES string of the molecule is COc1ccc(N(C)[C@H](C)C(=O)O)c(OC)c1. The average molecular weight is 239 g/mol. The molecule has 17 heavy (non-hydrogen) atoms. The van der Waals surface area contributed by atoms with Crippen molar-refractivity contribution in [1.29, 1.82) is 0 Å². The molecule has 0 bridgehead atoms. The molecule has 1 aromatic carbocycles. The van der Waals surface area contributed by atoms with Gasteiger partial charge < -0.3 is 19.5 Å². The van der Waals surface area contributed by atoms with Crippen molar-refractivity contribution >= 4 is 11.7 Å². The fourth-order valence-electron chi connectivity index (χ4n) is 1.45. The van der Waals surface area contributed by atoms with E-state index in [-0.39, 0.29) is 0 Å². The molecule has 1 rings (SSSR count). The van der Waals surface area contributed by atoms with Gasteiger partial charge in [-0.15, -0.1) is 0 Å². The summed E-state index contributed by atoms with van der Waals surface area (Å²) in [5.41, 5.74) is 0.711. The summed E-state index contributed by atoms with van der Waals surface area (Å²) in [6, 6.07) is 4.64. The van der Waals surface area contributed by atoms with Gasteiger partial charge >= 0.3 is 5.97 Å². The number of carboxylic acid groups (broad SMARTS) is 1. The Morgan fingerprint density at radius 2 is 2.00 bits per heavy atom. The van der Waals surface area contributed by atoms with Gasteiger partial charge in [-0.3, -0.25) is 0 Å². The monoisotopic (exact) mass is 239 g/mol. The molecule has 0 radical (unpaired) electrons. The summed E-state index contributed by atoms with van der Waals surface area (Å²) in [4.78, 5) is 12.6. The quantitative estimate of drug-likeness (QED) is 0.846. The normalized spacial score (nSPS) is 11.8. The van der Waals surface area contributed by atoms with Crippen LogP contribution in [0.25, 0.3) is 0 Å². The highest BCUT2D eigenvalue weighted by Gasteiger charge is 2.20. The van der Waals surface area contributed by atoms with Gasteiger partial charge in [-0.05, 0) is 19.1 Å². The van der Waals surface area contributed by atoms with Gasteiger partial charge in [0.2, 0.25) is 0 Å². The molecule has 94 valence electrons. The minimum Gasteiger partial charge on any atom is -0.497 e. The number of aliphatic carboxylic acids is 1. The molecule has 0 amide bonds. The van der Waals surface area contributed by atoms with Crippen LogP contribution in [0.1, 0.15) is 6.92 Å². The van der Waals surface area contributed by atoms with Crippen LogP contribution in [0.5, 0.6) is 11.5 Å². The lowest BCUT2D eigenvalue weighted by Crippen LogP contribution is -2.35. The van der Waals surface area contributed by atoms with E-state index in [0.29, 0.717) is 17.2 Å². The molecule has 5 heteroatoms. The van der Waals surface area contributed by atoms with Crippen LogP contribution >= 0.6 is 0 Å². The van der Waals surface area contributed by atoms with Crippen LogP contribution in [0, 0.1) is 0 Å². The third kappa shape index (κ3) is 2.81. The first-order chi connectivity index (χ1) is 8.01. The topological polar surface area (TPSA) is 59.0 Å². The van der Waals surface area contributed by atoms with E-state index in [1.807, 2.05) is 0 Å². The Hall–Kier alpha value is -1.91.